The third kappa shape index (κ3) is 7.41. The SMILES string of the molecule is Cc1cc(C)c(C(c2ccc(N(c3cc(-c4ccccc4)cc(-c4ccccc4)c3)c3cncc(-c4ccccc4)n3)cc2)c2c(C)cc(C)cc2C)c(C)c1. The van der Waals surface area contributed by atoms with Crippen molar-refractivity contribution in [3.05, 3.63) is 220 Å². The first-order chi connectivity index (χ1) is 27.2. The molecule has 0 saturated carbocycles. The van der Waals surface area contributed by atoms with Crippen molar-refractivity contribution in [1.82, 2.24) is 9.97 Å². The molecule has 0 unspecified atom stereocenters. The van der Waals surface area contributed by atoms with Crippen LogP contribution in [0.3, 0.4) is 0 Å². The largest absolute Gasteiger partial charge is 0.294 e. The lowest BCUT2D eigenvalue weighted by atomic mass is 9.77. The molecule has 3 nitrogen and oxygen atoms in total. The Kier molecular flexibility index (Phi) is 10.2. The molecule has 0 fully saturated rings. The van der Waals surface area contributed by atoms with Crippen LogP contribution in [0.15, 0.2) is 170 Å². The number of rotatable bonds is 9. The first-order valence-corrected chi connectivity index (χ1v) is 19.4. The summed E-state index contributed by atoms with van der Waals surface area (Å²) in [7, 11) is 0. The van der Waals surface area contributed by atoms with Crippen LogP contribution in [0.2, 0.25) is 0 Å². The van der Waals surface area contributed by atoms with Gasteiger partial charge < -0.3 is 0 Å². The van der Waals surface area contributed by atoms with Crippen LogP contribution in [0.25, 0.3) is 33.5 Å². The Morgan fingerprint density at radius 1 is 0.411 bits per heavy atom. The fourth-order valence-electron chi connectivity index (χ4n) is 8.55. The standard InChI is InChI=1S/C53H47N3/c1-35-26-37(3)51(38(4)27-35)53(52-39(5)28-36(2)29-40(52)6)44-22-24-47(25-23-44)56(50-34-54-33-49(55-50)43-20-14-9-15-21-43)48-31-45(41-16-10-7-11-17-41)30-46(32-48)42-18-12-8-13-19-42/h7-34,53H,1-6H3. The molecule has 7 aromatic carbocycles. The maximum Gasteiger partial charge on any atom is 0.156 e. The van der Waals surface area contributed by atoms with Crippen LogP contribution in [0.5, 0.6) is 0 Å². The Balaban J connectivity index is 1.34. The molecule has 1 heterocycles. The fraction of sp³-hybridized carbons (Fsp3) is 0.132. The summed E-state index contributed by atoms with van der Waals surface area (Å²) in [5, 5.41) is 0. The van der Waals surface area contributed by atoms with Crippen LogP contribution >= 0.6 is 0 Å². The van der Waals surface area contributed by atoms with Crippen LogP contribution in [-0.2, 0) is 0 Å². The van der Waals surface area contributed by atoms with Crippen molar-refractivity contribution in [2.24, 2.45) is 0 Å². The number of hydrogen-bond acceptors (Lipinski definition) is 3. The van der Waals surface area contributed by atoms with Gasteiger partial charge in [-0.2, -0.15) is 0 Å². The van der Waals surface area contributed by atoms with Crippen molar-refractivity contribution >= 4 is 17.2 Å². The van der Waals surface area contributed by atoms with Crippen molar-refractivity contribution in [2.75, 3.05) is 4.90 Å². The van der Waals surface area contributed by atoms with Gasteiger partial charge in [0.1, 0.15) is 0 Å². The van der Waals surface area contributed by atoms with Gasteiger partial charge in [-0.3, -0.25) is 9.88 Å². The molecule has 274 valence electrons. The van der Waals surface area contributed by atoms with Crippen molar-refractivity contribution < 1.29 is 0 Å². The van der Waals surface area contributed by atoms with Gasteiger partial charge in [-0.25, -0.2) is 4.98 Å². The average molecular weight is 726 g/mol. The molecular formula is C53H47N3. The van der Waals surface area contributed by atoms with E-state index in [-0.39, 0.29) is 5.92 Å². The van der Waals surface area contributed by atoms with Crippen molar-refractivity contribution in [3.8, 4) is 33.5 Å². The van der Waals surface area contributed by atoms with Crippen LogP contribution in [0.4, 0.5) is 17.2 Å². The van der Waals surface area contributed by atoms with Gasteiger partial charge in [0.05, 0.1) is 18.1 Å². The molecule has 0 saturated heterocycles. The van der Waals surface area contributed by atoms with Crippen LogP contribution < -0.4 is 4.90 Å². The van der Waals surface area contributed by atoms with E-state index in [9.17, 15) is 0 Å². The molecule has 56 heavy (non-hydrogen) atoms. The van der Waals surface area contributed by atoms with Gasteiger partial charge in [-0.05, 0) is 133 Å². The smallest absolute Gasteiger partial charge is 0.156 e. The number of aryl methyl sites for hydroxylation is 6. The summed E-state index contributed by atoms with van der Waals surface area (Å²) >= 11 is 0. The highest BCUT2D eigenvalue weighted by Crippen LogP contribution is 2.43. The summed E-state index contributed by atoms with van der Waals surface area (Å²) in [6, 6.07) is 56.8. The van der Waals surface area contributed by atoms with Gasteiger partial charge >= 0.3 is 0 Å². The van der Waals surface area contributed by atoms with Crippen molar-refractivity contribution in [1.29, 1.82) is 0 Å². The average Bonchev–Trinajstić information content (AvgIpc) is 3.21. The van der Waals surface area contributed by atoms with E-state index in [0.29, 0.717) is 0 Å². The Hall–Kier alpha value is -6.58. The highest BCUT2D eigenvalue weighted by Gasteiger charge is 2.26. The molecule has 0 bridgehead atoms. The topological polar surface area (TPSA) is 29.0 Å². The lowest BCUT2D eigenvalue weighted by Gasteiger charge is -2.29. The van der Waals surface area contributed by atoms with E-state index < -0.39 is 0 Å². The molecule has 0 aliphatic heterocycles. The Morgan fingerprint density at radius 3 is 1.32 bits per heavy atom. The second-order valence-electron chi connectivity index (χ2n) is 15.1. The zero-order chi connectivity index (χ0) is 38.8. The Labute approximate surface area is 332 Å². The predicted octanol–water partition coefficient (Wildman–Crippen LogP) is 14.0. The van der Waals surface area contributed by atoms with Crippen LogP contribution in [0.1, 0.15) is 56.0 Å². The summed E-state index contributed by atoms with van der Waals surface area (Å²) in [4.78, 5) is 12.3. The van der Waals surface area contributed by atoms with Gasteiger partial charge in [0, 0.05) is 22.9 Å². The predicted molar refractivity (Wildman–Crippen MR) is 235 cm³/mol. The molecule has 0 amide bonds. The molecule has 0 spiro atoms. The highest BCUT2D eigenvalue weighted by atomic mass is 15.2. The van der Waals surface area contributed by atoms with Gasteiger partial charge in [-0.1, -0.05) is 139 Å². The Morgan fingerprint density at radius 2 is 0.857 bits per heavy atom. The first kappa shape index (κ1) is 36.4. The zero-order valence-corrected chi connectivity index (χ0v) is 33.1. The molecule has 0 aliphatic rings. The molecular weight excluding hydrogens is 679 g/mol. The molecule has 8 aromatic rings. The highest BCUT2D eigenvalue weighted by molar-refractivity contribution is 5.84. The fourth-order valence-corrected chi connectivity index (χ4v) is 8.55. The molecule has 1 aromatic heterocycles. The van der Waals surface area contributed by atoms with E-state index >= 15 is 0 Å². The molecule has 0 aliphatic carbocycles. The van der Waals surface area contributed by atoms with Crippen molar-refractivity contribution in [3.63, 3.8) is 0 Å². The van der Waals surface area contributed by atoms with Crippen molar-refractivity contribution in [2.45, 2.75) is 47.5 Å². The number of anilines is 3. The van der Waals surface area contributed by atoms with Crippen LogP contribution in [0, 0.1) is 41.5 Å². The van der Waals surface area contributed by atoms with E-state index in [4.69, 9.17) is 9.97 Å². The maximum atomic E-state index is 5.28. The third-order valence-corrected chi connectivity index (χ3v) is 10.8. The second-order valence-corrected chi connectivity index (χ2v) is 15.1. The van der Waals surface area contributed by atoms with Gasteiger partial charge in [0.15, 0.2) is 5.82 Å². The number of hydrogen-bond donors (Lipinski definition) is 0. The number of nitrogens with zero attached hydrogens (tertiary/aromatic N) is 3. The summed E-state index contributed by atoms with van der Waals surface area (Å²) < 4.78 is 0. The Bertz CT molecular complexity index is 2470. The second kappa shape index (κ2) is 15.6. The maximum absolute atomic E-state index is 5.28. The molecule has 3 heteroatoms. The van der Waals surface area contributed by atoms with Gasteiger partial charge in [0.2, 0.25) is 0 Å². The first-order valence-electron chi connectivity index (χ1n) is 19.4. The number of benzene rings is 7. The minimum atomic E-state index is 0.0750. The van der Waals surface area contributed by atoms with E-state index in [2.05, 4.69) is 186 Å². The van der Waals surface area contributed by atoms with E-state index in [1.165, 1.54) is 50.1 Å². The van der Waals surface area contributed by atoms with E-state index in [0.717, 1.165) is 50.7 Å². The summed E-state index contributed by atoms with van der Waals surface area (Å²) in [6.45, 7) is 13.4. The quantitative estimate of drug-likeness (QED) is 0.139. The summed E-state index contributed by atoms with van der Waals surface area (Å²) in [5.41, 5.74) is 20.3. The lowest BCUT2D eigenvalue weighted by molar-refractivity contribution is 0.919. The normalized spacial score (nSPS) is 11.2. The summed E-state index contributed by atoms with van der Waals surface area (Å²) in [6.07, 6.45) is 3.72. The third-order valence-electron chi connectivity index (χ3n) is 10.8. The minimum Gasteiger partial charge on any atom is -0.294 e. The monoisotopic (exact) mass is 725 g/mol. The lowest BCUT2D eigenvalue weighted by Crippen LogP contribution is -2.14. The molecule has 0 N–H and O–H groups in total. The summed E-state index contributed by atoms with van der Waals surface area (Å²) in [5.74, 6) is 0.821. The van der Waals surface area contributed by atoms with E-state index in [1.807, 2.05) is 30.6 Å². The van der Waals surface area contributed by atoms with E-state index in [1.54, 1.807) is 0 Å². The molecule has 0 atom stereocenters. The van der Waals surface area contributed by atoms with Gasteiger partial charge in [0.25, 0.3) is 0 Å². The zero-order valence-electron chi connectivity index (χ0n) is 33.1. The molecule has 0 radical (unpaired) electrons. The van der Waals surface area contributed by atoms with Gasteiger partial charge in [-0.15, -0.1) is 0 Å². The number of aromatic nitrogens is 2. The molecule has 8 rings (SSSR count). The minimum absolute atomic E-state index is 0.0750. The van der Waals surface area contributed by atoms with Crippen LogP contribution in [-0.4, -0.2) is 9.97 Å².